The molecular formula is C13H24N2O4. The highest BCUT2D eigenvalue weighted by molar-refractivity contribution is 5.73. The van der Waals surface area contributed by atoms with Crippen LogP contribution < -0.4 is 0 Å². The first-order valence-corrected chi connectivity index (χ1v) is 6.66. The predicted molar refractivity (Wildman–Crippen MR) is 71.2 cm³/mol. The fourth-order valence-electron chi connectivity index (χ4n) is 1.26. The Balaban J connectivity index is 3.71. The number of carbonyl (C=O) groups is 2. The van der Waals surface area contributed by atoms with Gasteiger partial charge in [0.2, 0.25) is 0 Å². The second-order valence-electron chi connectivity index (χ2n) is 5.21. The van der Waals surface area contributed by atoms with Gasteiger partial charge in [0, 0.05) is 0 Å². The van der Waals surface area contributed by atoms with E-state index in [0.717, 1.165) is 19.3 Å². The largest absolute Gasteiger partial charge is 0.453 e. The van der Waals surface area contributed by atoms with Crippen LogP contribution in [0.1, 0.15) is 59.8 Å². The molecule has 0 saturated carbocycles. The van der Waals surface area contributed by atoms with Crippen LogP contribution in [-0.2, 0) is 9.47 Å². The van der Waals surface area contributed by atoms with Gasteiger partial charge in [-0.05, 0) is 27.2 Å². The number of azo groups is 1. The summed E-state index contributed by atoms with van der Waals surface area (Å²) in [6, 6.07) is 0. The van der Waals surface area contributed by atoms with E-state index in [0.29, 0.717) is 6.61 Å². The van der Waals surface area contributed by atoms with Gasteiger partial charge in [-0.2, -0.15) is 0 Å². The van der Waals surface area contributed by atoms with Gasteiger partial charge in [0.25, 0.3) is 0 Å². The summed E-state index contributed by atoms with van der Waals surface area (Å²) in [7, 11) is 0. The molecule has 0 saturated heterocycles. The van der Waals surface area contributed by atoms with Crippen molar-refractivity contribution in [1.82, 2.24) is 0 Å². The lowest BCUT2D eigenvalue weighted by molar-refractivity contribution is 0.0586. The molecule has 0 bridgehead atoms. The van der Waals surface area contributed by atoms with Crippen LogP contribution in [0.25, 0.3) is 0 Å². The van der Waals surface area contributed by atoms with Gasteiger partial charge in [0.1, 0.15) is 5.60 Å². The highest BCUT2D eigenvalue weighted by Gasteiger charge is 2.16. The van der Waals surface area contributed by atoms with E-state index >= 15 is 0 Å². The summed E-state index contributed by atoms with van der Waals surface area (Å²) < 4.78 is 9.65. The zero-order chi connectivity index (χ0) is 14.7. The molecule has 0 aromatic rings. The average molecular weight is 272 g/mol. The number of amides is 2. The minimum Gasteiger partial charge on any atom is -0.447 e. The smallest absolute Gasteiger partial charge is 0.447 e. The number of carbonyl (C=O) groups excluding carboxylic acids is 2. The van der Waals surface area contributed by atoms with Crippen molar-refractivity contribution in [2.24, 2.45) is 10.2 Å². The molecular weight excluding hydrogens is 248 g/mol. The first-order valence-electron chi connectivity index (χ1n) is 6.66. The second-order valence-corrected chi connectivity index (χ2v) is 5.21. The van der Waals surface area contributed by atoms with E-state index in [9.17, 15) is 9.59 Å². The van der Waals surface area contributed by atoms with Crippen molar-refractivity contribution in [3.05, 3.63) is 0 Å². The Hall–Kier alpha value is -1.46. The molecule has 110 valence electrons. The topological polar surface area (TPSA) is 77.3 Å². The molecule has 6 nitrogen and oxygen atoms in total. The van der Waals surface area contributed by atoms with E-state index in [4.69, 9.17) is 9.47 Å². The first-order chi connectivity index (χ1) is 8.85. The van der Waals surface area contributed by atoms with Crippen LogP contribution in [-0.4, -0.2) is 24.4 Å². The van der Waals surface area contributed by atoms with Crippen LogP contribution >= 0.6 is 0 Å². The quantitative estimate of drug-likeness (QED) is 0.527. The molecule has 0 rings (SSSR count). The summed E-state index contributed by atoms with van der Waals surface area (Å²) in [4.78, 5) is 22.2. The van der Waals surface area contributed by atoms with E-state index in [1.807, 2.05) is 0 Å². The molecule has 0 unspecified atom stereocenters. The SMILES string of the molecule is CCCCCCCOC(=O)/N=N/C(=O)OC(C)(C)C. The summed E-state index contributed by atoms with van der Waals surface area (Å²) in [6.45, 7) is 7.55. The molecule has 0 aliphatic rings. The minimum absolute atomic E-state index is 0.301. The van der Waals surface area contributed by atoms with Crippen molar-refractivity contribution >= 4 is 12.2 Å². The average Bonchev–Trinajstić information content (AvgIpc) is 2.29. The summed E-state index contributed by atoms with van der Waals surface area (Å²) in [6.07, 6.45) is 3.55. The Kier molecular flexibility index (Phi) is 8.74. The summed E-state index contributed by atoms with van der Waals surface area (Å²) in [5.41, 5.74) is -0.653. The predicted octanol–water partition coefficient (Wildman–Crippen LogP) is 4.48. The summed E-state index contributed by atoms with van der Waals surface area (Å²) in [5.74, 6) is 0. The van der Waals surface area contributed by atoms with Crippen molar-refractivity contribution in [1.29, 1.82) is 0 Å². The highest BCUT2D eigenvalue weighted by Crippen LogP contribution is 2.08. The molecule has 0 aliphatic heterocycles. The molecule has 0 aliphatic carbocycles. The van der Waals surface area contributed by atoms with Gasteiger partial charge in [0.15, 0.2) is 0 Å². The molecule has 19 heavy (non-hydrogen) atoms. The van der Waals surface area contributed by atoms with Crippen LogP contribution in [0, 0.1) is 0 Å². The number of rotatable bonds is 6. The van der Waals surface area contributed by atoms with Crippen molar-refractivity contribution in [3.8, 4) is 0 Å². The molecule has 0 aromatic heterocycles. The lowest BCUT2D eigenvalue weighted by Gasteiger charge is -2.16. The molecule has 6 heteroatoms. The third-order valence-electron chi connectivity index (χ3n) is 2.08. The zero-order valence-corrected chi connectivity index (χ0v) is 12.3. The van der Waals surface area contributed by atoms with E-state index < -0.39 is 17.8 Å². The molecule has 0 atom stereocenters. The monoisotopic (exact) mass is 272 g/mol. The lowest BCUT2D eigenvalue weighted by atomic mass is 10.2. The molecule has 0 aromatic carbocycles. The third kappa shape index (κ3) is 12.8. The van der Waals surface area contributed by atoms with Crippen LogP contribution in [0.3, 0.4) is 0 Å². The lowest BCUT2D eigenvalue weighted by Crippen LogP contribution is -2.21. The summed E-state index contributed by atoms with van der Waals surface area (Å²) >= 11 is 0. The Bertz CT molecular complexity index is 308. The molecule has 0 N–H and O–H groups in total. The van der Waals surface area contributed by atoms with E-state index in [1.54, 1.807) is 20.8 Å². The number of ether oxygens (including phenoxy) is 2. The van der Waals surface area contributed by atoms with Crippen LogP contribution in [0.2, 0.25) is 0 Å². The zero-order valence-electron chi connectivity index (χ0n) is 12.3. The van der Waals surface area contributed by atoms with E-state index in [-0.39, 0.29) is 0 Å². The van der Waals surface area contributed by atoms with Crippen molar-refractivity contribution < 1.29 is 19.1 Å². The molecule has 2 amide bonds. The van der Waals surface area contributed by atoms with E-state index in [1.165, 1.54) is 12.8 Å². The maximum atomic E-state index is 11.1. The Morgan fingerprint density at radius 3 is 2.11 bits per heavy atom. The first kappa shape index (κ1) is 17.5. The van der Waals surface area contributed by atoms with Gasteiger partial charge in [0.05, 0.1) is 6.61 Å². The van der Waals surface area contributed by atoms with Gasteiger partial charge in [-0.25, -0.2) is 9.59 Å². The third-order valence-corrected chi connectivity index (χ3v) is 2.08. The minimum atomic E-state index is -0.896. The Morgan fingerprint density at radius 1 is 0.947 bits per heavy atom. The van der Waals surface area contributed by atoms with E-state index in [2.05, 4.69) is 17.2 Å². The van der Waals surface area contributed by atoms with Crippen LogP contribution in [0.15, 0.2) is 10.2 Å². The van der Waals surface area contributed by atoms with Gasteiger partial charge >= 0.3 is 12.2 Å². The van der Waals surface area contributed by atoms with Gasteiger partial charge in [-0.15, -0.1) is 0 Å². The number of nitrogens with zero attached hydrogens (tertiary/aromatic N) is 2. The molecule has 0 radical (unpaired) electrons. The Morgan fingerprint density at radius 2 is 1.53 bits per heavy atom. The van der Waals surface area contributed by atoms with Crippen LogP contribution in [0.5, 0.6) is 0 Å². The maximum Gasteiger partial charge on any atom is 0.453 e. The van der Waals surface area contributed by atoms with Crippen LogP contribution in [0.4, 0.5) is 9.59 Å². The van der Waals surface area contributed by atoms with Gasteiger partial charge in [-0.1, -0.05) is 42.8 Å². The maximum absolute atomic E-state index is 11.1. The molecule has 0 spiro atoms. The standard InChI is InChI=1S/C13H24N2O4/c1-5-6-7-8-9-10-18-11(16)14-15-12(17)19-13(2,3)4/h5-10H2,1-4H3/b15-14+. The molecule has 0 fully saturated rings. The second kappa shape index (κ2) is 9.47. The fourth-order valence-corrected chi connectivity index (χ4v) is 1.26. The number of unbranched alkanes of at least 4 members (excludes halogenated alkanes) is 4. The highest BCUT2D eigenvalue weighted by atomic mass is 16.6. The van der Waals surface area contributed by atoms with Gasteiger partial charge < -0.3 is 9.47 Å². The normalized spacial score (nSPS) is 11.6. The molecule has 0 heterocycles. The number of hydrogen-bond acceptors (Lipinski definition) is 4. The summed E-state index contributed by atoms with van der Waals surface area (Å²) in [5, 5.41) is 6.26. The van der Waals surface area contributed by atoms with Crippen molar-refractivity contribution in [2.75, 3.05) is 6.61 Å². The fraction of sp³-hybridized carbons (Fsp3) is 0.846. The van der Waals surface area contributed by atoms with Crippen molar-refractivity contribution in [3.63, 3.8) is 0 Å². The van der Waals surface area contributed by atoms with Crippen molar-refractivity contribution in [2.45, 2.75) is 65.4 Å². The Labute approximate surface area is 114 Å². The number of hydrogen-bond donors (Lipinski definition) is 0. The van der Waals surface area contributed by atoms with Gasteiger partial charge in [-0.3, -0.25) is 0 Å².